The smallest absolute Gasteiger partial charge is 0.335 e. The van der Waals surface area contributed by atoms with Crippen LogP contribution in [-0.2, 0) is 4.79 Å². The van der Waals surface area contributed by atoms with Crippen molar-refractivity contribution in [3.63, 3.8) is 0 Å². The Bertz CT molecular complexity index is 1150. The summed E-state index contributed by atoms with van der Waals surface area (Å²) in [4.78, 5) is 23.8. The molecule has 0 saturated heterocycles. The quantitative estimate of drug-likeness (QED) is 0.610. The summed E-state index contributed by atoms with van der Waals surface area (Å²) in [7, 11) is 0. The highest BCUT2D eigenvalue weighted by atomic mass is 16.5. The summed E-state index contributed by atoms with van der Waals surface area (Å²) >= 11 is 0. The molecule has 0 aliphatic carbocycles. The molecule has 1 heterocycles. The van der Waals surface area contributed by atoms with Crippen molar-refractivity contribution in [1.29, 1.82) is 0 Å². The Kier molecular flexibility index (Phi) is 4.87. The van der Waals surface area contributed by atoms with E-state index in [2.05, 4.69) is 5.32 Å². The van der Waals surface area contributed by atoms with Gasteiger partial charge in [-0.3, -0.25) is 4.79 Å². The van der Waals surface area contributed by atoms with Gasteiger partial charge in [-0.15, -0.1) is 0 Å². The standard InChI is InChI=1S/C24H19NO4/c1-2-29-22-9-4-3-6-17(22)13-20-19-11-10-16(14-21(19)25-23(20)26)15-7-5-8-18(12-15)24(27)28/h3-14H,2H2,1H3,(H,25,26)(H,27,28)/b20-13+. The van der Waals surface area contributed by atoms with E-state index in [1.807, 2.05) is 61.5 Å². The molecule has 1 aliphatic rings. The van der Waals surface area contributed by atoms with Crippen LogP contribution in [0, 0.1) is 0 Å². The van der Waals surface area contributed by atoms with Crippen molar-refractivity contribution in [2.24, 2.45) is 0 Å². The number of rotatable bonds is 5. The second-order valence-electron chi connectivity index (χ2n) is 6.63. The third kappa shape index (κ3) is 3.62. The summed E-state index contributed by atoms with van der Waals surface area (Å²) in [6.07, 6.45) is 1.83. The second kappa shape index (κ2) is 7.64. The van der Waals surface area contributed by atoms with E-state index in [9.17, 15) is 14.7 Å². The maximum absolute atomic E-state index is 12.6. The fourth-order valence-corrected chi connectivity index (χ4v) is 3.39. The normalized spacial score (nSPS) is 13.8. The van der Waals surface area contributed by atoms with Crippen molar-refractivity contribution in [1.82, 2.24) is 0 Å². The Morgan fingerprint density at radius 3 is 2.62 bits per heavy atom. The van der Waals surface area contributed by atoms with Crippen LogP contribution in [0.15, 0.2) is 66.7 Å². The number of ether oxygens (including phenoxy) is 1. The van der Waals surface area contributed by atoms with Gasteiger partial charge in [-0.2, -0.15) is 0 Å². The van der Waals surface area contributed by atoms with Crippen LogP contribution < -0.4 is 10.1 Å². The lowest BCUT2D eigenvalue weighted by Gasteiger charge is -2.08. The predicted molar refractivity (Wildman–Crippen MR) is 113 cm³/mol. The summed E-state index contributed by atoms with van der Waals surface area (Å²) in [6.45, 7) is 2.46. The van der Waals surface area contributed by atoms with Crippen LogP contribution >= 0.6 is 0 Å². The maximum Gasteiger partial charge on any atom is 0.335 e. The molecule has 0 spiro atoms. The van der Waals surface area contributed by atoms with Gasteiger partial charge >= 0.3 is 5.97 Å². The molecule has 0 atom stereocenters. The number of nitrogens with one attached hydrogen (secondary N) is 1. The first-order valence-corrected chi connectivity index (χ1v) is 9.30. The Morgan fingerprint density at radius 2 is 1.83 bits per heavy atom. The van der Waals surface area contributed by atoms with Crippen LogP contribution in [0.1, 0.15) is 28.4 Å². The molecule has 0 radical (unpaired) electrons. The highest BCUT2D eigenvalue weighted by Gasteiger charge is 2.25. The third-order valence-corrected chi connectivity index (χ3v) is 4.76. The van der Waals surface area contributed by atoms with Crippen molar-refractivity contribution < 1.29 is 19.4 Å². The van der Waals surface area contributed by atoms with E-state index in [1.165, 1.54) is 0 Å². The summed E-state index contributed by atoms with van der Waals surface area (Å²) in [5.41, 5.74) is 4.75. The number of carboxylic acids is 1. The van der Waals surface area contributed by atoms with Crippen molar-refractivity contribution in [2.45, 2.75) is 6.92 Å². The fourth-order valence-electron chi connectivity index (χ4n) is 3.39. The summed E-state index contributed by atoms with van der Waals surface area (Å²) in [6, 6.07) is 20.0. The molecule has 3 aromatic carbocycles. The largest absolute Gasteiger partial charge is 0.493 e. The summed E-state index contributed by atoms with van der Waals surface area (Å²) < 4.78 is 5.65. The van der Waals surface area contributed by atoms with Crippen LogP contribution in [0.2, 0.25) is 0 Å². The zero-order valence-corrected chi connectivity index (χ0v) is 15.8. The van der Waals surface area contributed by atoms with E-state index in [0.717, 1.165) is 28.0 Å². The maximum atomic E-state index is 12.6. The molecule has 0 aromatic heterocycles. The third-order valence-electron chi connectivity index (χ3n) is 4.76. The average molecular weight is 385 g/mol. The van der Waals surface area contributed by atoms with Crippen LogP contribution in [0.25, 0.3) is 22.8 Å². The number of carbonyl (C=O) groups is 2. The van der Waals surface area contributed by atoms with Gasteiger partial charge in [0.2, 0.25) is 0 Å². The van der Waals surface area contributed by atoms with Gasteiger partial charge in [0.05, 0.1) is 12.2 Å². The van der Waals surface area contributed by atoms with Crippen LogP contribution in [0.4, 0.5) is 5.69 Å². The molecule has 29 heavy (non-hydrogen) atoms. The molecule has 3 aromatic rings. The molecule has 0 bridgehead atoms. The number of fused-ring (bicyclic) bond motifs is 1. The number of hydrogen-bond acceptors (Lipinski definition) is 3. The monoisotopic (exact) mass is 385 g/mol. The van der Waals surface area contributed by atoms with E-state index in [-0.39, 0.29) is 11.5 Å². The van der Waals surface area contributed by atoms with E-state index in [4.69, 9.17) is 4.74 Å². The second-order valence-corrected chi connectivity index (χ2v) is 6.63. The number of anilines is 1. The Morgan fingerprint density at radius 1 is 1.03 bits per heavy atom. The van der Waals surface area contributed by atoms with E-state index in [0.29, 0.717) is 17.9 Å². The van der Waals surface area contributed by atoms with Gasteiger partial charge in [0.15, 0.2) is 0 Å². The molecule has 4 rings (SSSR count). The van der Waals surface area contributed by atoms with Crippen molar-refractivity contribution in [3.05, 3.63) is 83.4 Å². The van der Waals surface area contributed by atoms with Gasteiger partial charge in [-0.05, 0) is 48.4 Å². The first-order valence-electron chi connectivity index (χ1n) is 9.30. The molecule has 0 fully saturated rings. The Balaban J connectivity index is 1.73. The molecule has 1 amide bonds. The highest BCUT2D eigenvalue weighted by molar-refractivity contribution is 6.35. The zero-order chi connectivity index (χ0) is 20.4. The molecule has 144 valence electrons. The molecule has 5 nitrogen and oxygen atoms in total. The van der Waals surface area contributed by atoms with Crippen molar-refractivity contribution >= 4 is 29.2 Å². The lowest BCUT2D eigenvalue weighted by atomic mass is 9.98. The Labute approximate surface area is 168 Å². The van der Waals surface area contributed by atoms with Gasteiger partial charge in [0.25, 0.3) is 5.91 Å². The topological polar surface area (TPSA) is 75.6 Å². The van der Waals surface area contributed by atoms with Crippen LogP contribution in [0.3, 0.4) is 0 Å². The van der Waals surface area contributed by atoms with Gasteiger partial charge in [0, 0.05) is 22.4 Å². The number of hydrogen-bond donors (Lipinski definition) is 2. The first-order chi connectivity index (χ1) is 14.1. The minimum atomic E-state index is -0.973. The fraction of sp³-hybridized carbons (Fsp3) is 0.0833. The molecule has 0 unspecified atom stereocenters. The average Bonchev–Trinajstić information content (AvgIpc) is 3.04. The lowest BCUT2D eigenvalue weighted by molar-refractivity contribution is -0.110. The minimum absolute atomic E-state index is 0.178. The van der Waals surface area contributed by atoms with Crippen LogP contribution in [0.5, 0.6) is 5.75 Å². The SMILES string of the molecule is CCOc1ccccc1/C=C1/C(=O)Nc2cc(-c3cccc(C(=O)O)c3)ccc21. The Hall–Kier alpha value is -3.86. The molecule has 1 aliphatic heterocycles. The predicted octanol–water partition coefficient (Wildman–Crippen LogP) is 4.94. The van der Waals surface area contributed by atoms with Gasteiger partial charge < -0.3 is 15.2 Å². The highest BCUT2D eigenvalue weighted by Crippen LogP contribution is 2.37. The van der Waals surface area contributed by atoms with Gasteiger partial charge in [0.1, 0.15) is 5.75 Å². The molecular weight excluding hydrogens is 366 g/mol. The van der Waals surface area contributed by atoms with E-state index < -0.39 is 5.97 Å². The molecule has 5 heteroatoms. The lowest BCUT2D eigenvalue weighted by Crippen LogP contribution is -2.03. The van der Waals surface area contributed by atoms with Crippen molar-refractivity contribution in [2.75, 3.05) is 11.9 Å². The van der Waals surface area contributed by atoms with Gasteiger partial charge in [-0.25, -0.2) is 4.79 Å². The summed E-state index contributed by atoms with van der Waals surface area (Å²) in [5, 5.41) is 12.1. The van der Waals surface area contributed by atoms with Gasteiger partial charge in [-0.1, -0.05) is 42.5 Å². The van der Waals surface area contributed by atoms with Crippen LogP contribution in [-0.4, -0.2) is 23.6 Å². The number of benzene rings is 3. The number of carboxylic acid groups (broad SMARTS) is 1. The van der Waals surface area contributed by atoms with E-state index >= 15 is 0 Å². The number of carbonyl (C=O) groups excluding carboxylic acids is 1. The van der Waals surface area contributed by atoms with E-state index in [1.54, 1.807) is 18.2 Å². The summed E-state index contributed by atoms with van der Waals surface area (Å²) in [5.74, 6) is -0.423. The number of aromatic carboxylic acids is 1. The number of para-hydroxylation sites is 1. The molecule has 2 N–H and O–H groups in total. The molecular formula is C24H19NO4. The molecule has 0 saturated carbocycles. The minimum Gasteiger partial charge on any atom is -0.493 e. The first kappa shape index (κ1) is 18.5. The zero-order valence-electron chi connectivity index (χ0n) is 15.8. The van der Waals surface area contributed by atoms with Crippen molar-refractivity contribution in [3.8, 4) is 16.9 Å². The number of amides is 1.